The van der Waals surface area contributed by atoms with Crippen LogP contribution in [0, 0.1) is 10.1 Å². The van der Waals surface area contributed by atoms with Crippen molar-refractivity contribution in [1.82, 2.24) is 4.90 Å². The summed E-state index contributed by atoms with van der Waals surface area (Å²) in [6, 6.07) is 15.6. The largest absolute Gasteiger partial charge is 0.496 e. The van der Waals surface area contributed by atoms with E-state index in [0.717, 1.165) is 42.6 Å². The van der Waals surface area contributed by atoms with E-state index in [1.165, 1.54) is 12.1 Å². The zero-order valence-electron chi connectivity index (χ0n) is 17.0. The van der Waals surface area contributed by atoms with Crippen molar-refractivity contribution in [2.24, 2.45) is 0 Å². The van der Waals surface area contributed by atoms with E-state index >= 15 is 0 Å². The molecule has 1 fully saturated rings. The van der Waals surface area contributed by atoms with E-state index in [0.29, 0.717) is 16.9 Å². The third-order valence-corrected chi connectivity index (χ3v) is 5.63. The molecule has 3 aromatic rings. The van der Waals surface area contributed by atoms with Crippen LogP contribution in [0.25, 0.3) is 10.8 Å². The molecule has 0 aliphatic carbocycles. The number of fused-ring (bicyclic) bond motifs is 1. The minimum absolute atomic E-state index is 0.0888. The van der Waals surface area contributed by atoms with Gasteiger partial charge in [-0.1, -0.05) is 24.3 Å². The van der Waals surface area contributed by atoms with Gasteiger partial charge in [-0.15, -0.1) is 0 Å². The van der Waals surface area contributed by atoms with Crippen molar-refractivity contribution in [3.8, 4) is 5.75 Å². The van der Waals surface area contributed by atoms with Gasteiger partial charge in [-0.2, -0.15) is 0 Å². The number of piperazine rings is 1. The number of nitrogens with zero attached hydrogens (tertiary/aromatic N) is 3. The van der Waals surface area contributed by atoms with Crippen molar-refractivity contribution in [2.45, 2.75) is 0 Å². The van der Waals surface area contributed by atoms with Crippen LogP contribution in [0.2, 0.25) is 0 Å². The molecular formula is C23H23N3O4. The zero-order valence-corrected chi connectivity index (χ0v) is 17.0. The maximum Gasteiger partial charge on any atom is 0.270 e. The van der Waals surface area contributed by atoms with Crippen LogP contribution in [0.3, 0.4) is 0 Å². The number of anilines is 1. The second-order valence-corrected chi connectivity index (χ2v) is 7.44. The number of methoxy groups -OCH3 is 1. The first kappa shape index (κ1) is 19.8. The number of carbonyl (C=O) groups excluding carboxylic acids is 1. The molecule has 3 aromatic carbocycles. The molecule has 0 spiro atoms. The number of ketones is 1. The van der Waals surface area contributed by atoms with Crippen LogP contribution in [-0.2, 0) is 0 Å². The van der Waals surface area contributed by atoms with E-state index in [-0.39, 0.29) is 11.5 Å². The molecule has 0 saturated carbocycles. The highest BCUT2D eigenvalue weighted by Gasteiger charge is 2.25. The van der Waals surface area contributed by atoms with Crippen LogP contribution in [0.15, 0.2) is 54.6 Å². The number of likely N-dealkylation sites (N-methyl/N-ethyl adjacent to an activating group) is 1. The van der Waals surface area contributed by atoms with Crippen molar-refractivity contribution < 1.29 is 14.5 Å². The molecule has 1 saturated heterocycles. The van der Waals surface area contributed by atoms with E-state index < -0.39 is 4.92 Å². The van der Waals surface area contributed by atoms with Crippen LogP contribution >= 0.6 is 0 Å². The maximum absolute atomic E-state index is 13.7. The summed E-state index contributed by atoms with van der Waals surface area (Å²) in [5, 5.41) is 13.0. The molecule has 0 amide bonds. The number of nitro benzene ring substituents is 1. The smallest absolute Gasteiger partial charge is 0.270 e. The molecule has 4 rings (SSSR count). The number of rotatable bonds is 5. The van der Waals surface area contributed by atoms with Gasteiger partial charge in [-0.3, -0.25) is 14.9 Å². The summed E-state index contributed by atoms with van der Waals surface area (Å²) in [7, 11) is 3.65. The van der Waals surface area contributed by atoms with E-state index in [2.05, 4.69) is 16.8 Å². The van der Waals surface area contributed by atoms with Gasteiger partial charge in [0.25, 0.3) is 5.69 Å². The Bertz CT molecular complexity index is 1120. The highest BCUT2D eigenvalue weighted by molar-refractivity contribution is 6.19. The minimum atomic E-state index is -0.462. The lowest BCUT2D eigenvalue weighted by Crippen LogP contribution is -2.45. The number of hydrogen-bond donors (Lipinski definition) is 0. The summed E-state index contributed by atoms with van der Waals surface area (Å²) >= 11 is 0. The fourth-order valence-corrected chi connectivity index (χ4v) is 3.94. The first-order valence-electron chi connectivity index (χ1n) is 9.82. The molecule has 7 nitrogen and oxygen atoms in total. The number of nitro groups is 1. The molecular weight excluding hydrogens is 382 g/mol. The average molecular weight is 405 g/mol. The molecule has 0 radical (unpaired) electrons. The Hall–Kier alpha value is -3.45. The van der Waals surface area contributed by atoms with Crippen molar-refractivity contribution >= 4 is 27.9 Å². The van der Waals surface area contributed by atoms with Crippen LogP contribution < -0.4 is 9.64 Å². The van der Waals surface area contributed by atoms with Crippen molar-refractivity contribution in [2.75, 3.05) is 45.2 Å². The van der Waals surface area contributed by atoms with E-state index in [1.807, 2.05) is 24.3 Å². The Morgan fingerprint density at radius 3 is 2.33 bits per heavy atom. The normalized spacial score (nSPS) is 14.7. The molecule has 7 heteroatoms. The standard InChI is InChI=1S/C23H23N3O4/c1-24-11-13-25(14-12-24)21-9-7-16(26(28)29)15-20(21)23(27)19-8-10-22(30-2)18-6-4-3-5-17(18)19/h3-10,15H,11-14H2,1-2H3. The summed E-state index contributed by atoms with van der Waals surface area (Å²) in [5.41, 5.74) is 1.50. The third-order valence-electron chi connectivity index (χ3n) is 5.63. The number of benzene rings is 3. The quantitative estimate of drug-likeness (QED) is 0.366. The van der Waals surface area contributed by atoms with Crippen molar-refractivity contribution in [1.29, 1.82) is 0 Å². The predicted octanol–water partition coefficient (Wildman–Crippen LogP) is 3.74. The monoisotopic (exact) mass is 405 g/mol. The topological polar surface area (TPSA) is 75.9 Å². The molecule has 0 unspecified atom stereocenters. The molecule has 0 aromatic heterocycles. The van der Waals surface area contributed by atoms with Crippen LogP contribution in [-0.4, -0.2) is 55.9 Å². The molecule has 1 aliphatic rings. The molecule has 30 heavy (non-hydrogen) atoms. The van der Waals surface area contributed by atoms with Crippen LogP contribution in [0.5, 0.6) is 5.75 Å². The number of non-ortho nitro benzene ring substituents is 1. The van der Waals surface area contributed by atoms with Gasteiger partial charge in [0, 0.05) is 54.9 Å². The third kappa shape index (κ3) is 3.59. The number of ether oxygens (including phenoxy) is 1. The second kappa shape index (κ2) is 8.12. The lowest BCUT2D eigenvalue weighted by atomic mass is 9.95. The maximum atomic E-state index is 13.7. The van der Waals surface area contributed by atoms with Gasteiger partial charge in [-0.05, 0) is 30.6 Å². The Morgan fingerprint density at radius 2 is 1.67 bits per heavy atom. The molecule has 1 heterocycles. The van der Waals surface area contributed by atoms with Gasteiger partial charge in [0.15, 0.2) is 5.78 Å². The first-order chi connectivity index (χ1) is 14.5. The Kier molecular flexibility index (Phi) is 5.37. The van der Waals surface area contributed by atoms with Crippen molar-refractivity contribution in [3.63, 3.8) is 0 Å². The number of hydrogen-bond acceptors (Lipinski definition) is 6. The summed E-state index contributed by atoms with van der Waals surface area (Å²) in [5.74, 6) is 0.451. The van der Waals surface area contributed by atoms with Gasteiger partial charge in [0.05, 0.1) is 17.6 Å². The molecule has 0 atom stereocenters. The van der Waals surface area contributed by atoms with Gasteiger partial charge in [-0.25, -0.2) is 0 Å². The Labute approximate surface area is 174 Å². The predicted molar refractivity (Wildman–Crippen MR) is 117 cm³/mol. The van der Waals surface area contributed by atoms with Gasteiger partial charge >= 0.3 is 0 Å². The fraction of sp³-hybridized carbons (Fsp3) is 0.261. The highest BCUT2D eigenvalue weighted by Crippen LogP contribution is 2.33. The molecule has 0 N–H and O–H groups in total. The number of carbonyl (C=O) groups is 1. The molecule has 1 aliphatic heterocycles. The first-order valence-corrected chi connectivity index (χ1v) is 9.82. The highest BCUT2D eigenvalue weighted by atomic mass is 16.6. The van der Waals surface area contributed by atoms with Crippen LogP contribution in [0.4, 0.5) is 11.4 Å². The summed E-state index contributed by atoms with van der Waals surface area (Å²) in [6.07, 6.45) is 0. The minimum Gasteiger partial charge on any atom is -0.496 e. The van der Waals surface area contributed by atoms with Crippen LogP contribution in [0.1, 0.15) is 15.9 Å². The summed E-state index contributed by atoms with van der Waals surface area (Å²) < 4.78 is 5.43. The lowest BCUT2D eigenvalue weighted by molar-refractivity contribution is -0.384. The SMILES string of the molecule is COc1ccc(C(=O)c2cc([N+](=O)[O-])ccc2N2CCN(C)CC2)c2ccccc12. The molecule has 0 bridgehead atoms. The fourth-order valence-electron chi connectivity index (χ4n) is 3.94. The van der Waals surface area contributed by atoms with Gasteiger partial charge in [0.2, 0.25) is 0 Å². The summed E-state index contributed by atoms with van der Waals surface area (Å²) in [4.78, 5) is 28.9. The average Bonchev–Trinajstić information content (AvgIpc) is 2.78. The van der Waals surface area contributed by atoms with Gasteiger partial charge < -0.3 is 14.5 Å². The zero-order chi connectivity index (χ0) is 21.3. The van der Waals surface area contributed by atoms with Crippen molar-refractivity contribution in [3.05, 3.63) is 75.8 Å². The Morgan fingerprint density at radius 1 is 0.967 bits per heavy atom. The summed E-state index contributed by atoms with van der Waals surface area (Å²) in [6.45, 7) is 3.27. The second-order valence-electron chi connectivity index (χ2n) is 7.44. The van der Waals surface area contributed by atoms with E-state index in [9.17, 15) is 14.9 Å². The van der Waals surface area contributed by atoms with E-state index in [1.54, 1.807) is 25.3 Å². The van der Waals surface area contributed by atoms with E-state index in [4.69, 9.17) is 4.74 Å². The van der Waals surface area contributed by atoms with Gasteiger partial charge in [0.1, 0.15) is 5.75 Å². The lowest BCUT2D eigenvalue weighted by Gasteiger charge is -2.35. The Balaban J connectivity index is 1.85. The molecule has 154 valence electrons.